The Labute approximate surface area is 224 Å². The van der Waals surface area contributed by atoms with Gasteiger partial charge in [-0.1, -0.05) is 167 Å². The molecule has 0 fully saturated rings. The van der Waals surface area contributed by atoms with Gasteiger partial charge in [0.2, 0.25) is 0 Å². The second-order valence-electron chi connectivity index (χ2n) is 9.96. The summed E-state index contributed by atoms with van der Waals surface area (Å²) in [5, 5.41) is 10.3. The number of rotatable bonds is 27. The zero-order valence-corrected chi connectivity index (χ0v) is 24.4. The summed E-state index contributed by atoms with van der Waals surface area (Å²) < 4.78 is 0. The summed E-state index contributed by atoms with van der Waals surface area (Å²) in [7, 11) is 0. The Balaban J connectivity index is 0. The van der Waals surface area contributed by atoms with E-state index in [1.165, 1.54) is 154 Å². The third-order valence-electron chi connectivity index (χ3n) is 6.73. The predicted octanol–water partition coefficient (Wildman–Crippen LogP) is 6.29. The number of hydrogen-bond donors (Lipinski definition) is 0. The molecule has 0 saturated carbocycles. The van der Waals surface area contributed by atoms with Crippen LogP contribution in [0, 0.1) is 0 Å². The number of carbonyl (C=O) groups is 1. The van der Waals surface area contributed by atoms with Crippen LogP contribution in [-0.4, -0.2) is 5.97 Å². The number of carbonyl (C=O) groups excluding carboxylic acids is 1. The van der Waals surface area contributed by atoms with E-state index in [0.717, 1.165) is 12.8 Å². The van der Waals surface area contributed by atoms with Crippen molar-refractivity contribution in [2.75, 3.05) is 0 Å². The van der Waals surface area contributed by atoms with Crippen molar-refractivity contribution < 1.29 is 39.5 Å². The van der Waals surface area contributed by atoms with Crippen LogP contribution in [0.1, 0.15) is 180 Å². The second-order valence-corrected chi connectivity index (χ2v) is 9.96. The van der Waals surface area contributed by atoms with Crippen molar-refractivity contribution in [2.45, 2.75) is 180 Å². The van der Waals surface area contributed by atoms with Crippen LogP contribution in [0.5, 0.6) is 0 Å². The van der Waals surface area contributed by atoms with E-state index < -0.39 is 5.97 Å². The molecule has 0 N–H and O–H groups in total. The summed E-state index contributed by atoms with van der Waals surface area (Å²) >= 11 is 0. The minimum Gasteiger partial charge on any atom is -0.550 e. The Bertz CT molecular complexity index is 346. The Hall–Kier alpha value is 0.470. The van der Waals surface area contributed by atoms with E-state index in [0.29, 0.717) is 0 Å². The van der Waals surface area contributed by atoms with E-state index in [4.69, 9.17) is 0 Å². The first-order chi connectivity index (χ1) is 15.3. The fourth-order valence-electron chi connectivity index (χ4n) is 4.59. The molecule has 32 heavy (non-hydrogen) atoms. The molecule has 186 valence electrons. The molecule has 0 amide bonds. The topological polar surface area (TPSA) is 40.1 Å². The zero-order chi connectivity index (χ0) is 22.7. The van der Waals surface area contributed by atoms with Crippen LogP contribution in [0.3, 0.4) is 0 Å². The van der Waals surface area contributed by atoms with E-state index in [1.54, 1.807) is 0 Å². The maximum absolute atomic E-state index is 10.3. The number of carboxylic acid groups (broad SMARTS) is 1. The molecular formula is C29H57NaO2. The first kappa shape index (κ1) is 34.6. The summed E-state index contributed by atoms with van der Waals surface area (Å²) in [6.07, 6.45) is 36.1. The first-order valence-corrected chi connectivity index (χ1v) is 14.5. The van der Waals surface area contributed by atoms with Crippen molar-refractivity contribution >= 4 is 5.97 Å². The molecule has 0 rings (SSSR count). The number of hydrogen-bond acceptors (Lipinski definition) is 2. The van der Waals surface area contributed by atoms with Gasteiger partial charge in [0.25, 0.3) is 0 Å². The van der Waals surface area contributed by atoms with Gasteiger partial charge in [-0.05, 0) is 12.8 Å². The Kier molecular flexibility index (Phi) is 34.1. The van der Waals surface area contributed by atoms with Crippen LogP contribution in [0.2, 0.25) is 0 Å². The molecule has 0 heterocycles. The molecule has 0 radical (unpaired) electrons. The molecule has 0 unspecified atom stereocenters. The molecule has 0 aromatic carbocycles. The van der Waals surface area contributed by atoms with Gasteiger partial charge in [-0.3, -0.25) is 0 Å². The monoisotopic (exact) mass is 460 g/mol. The molecule has 0 saturated heterocycles. The fourth-order valence-corrected chi connectivity index (χ4v) is 4.59. The molecule has 0 aliphatic rings. The third-order valence-corrected chi connectivity index (χ3v) is 6.73. The molecule has 0 spiro atoms. The molecule has 0 atom stereocenters. The smallest absolute Gasteiger partial charge is 0.550 e. The number of unbranched alkanes of at least 4 members (excludes halogenated alkanes) is 25. The van der Waals surface area contributed by atoms with Crippen LogP contribution in [0.15, 0.2) is 0 Å². The van der Waals surface area contributed by atoms with Crippen molar-refractivity contribution in [3.8, 4) is 0 Å². The zero-order valence-electron chi connectivity index (χ0n) is 22.4. The van der Waals surface area contributed by atoms with E-state index in [2.05, 4.69) is 6.92 Å². The van der Waals surface area contributed by atoms with E-state index >= 15 is 0 Å². The van der Waals surface area contributed by atoms with Crippen LogP contribution in [-0.2, 0) is 4.79 Å². The van der Waals surface area contributed by atoms with E-state index in [-0.39, 0.29) is 36.0 Å². The van der Waals surface area contributed by atoms with Crippen molar-refractivity contribution in [3.63, 3.8) is 0 Å². The molecule has 2 nitrogen and oxygen atoms in total. The maximum Gasteiger partial charge on any atom is 1.00 e. The van der Waals surface area contributed by atoms with Gasteiger partial charge in [0, 0.05) is 5.97 Å². The Morgan fingerprint density at radius 1 is 0.406 bits per heavy atom. The first-order valence-electron chi connectivity index (χ1n) is 14.5. The largest absolute Gasteiger partial charge is 1.00 e. The van der Waals surface area contributed by atoms with Gasteiger partial charge in [0.05, 0.1) is 0 Å². The van der Waals surface area contributed by atoms with Crippen molar-refractivity contribution in [1.82, 2.24) is 0 Å². The van der Waals surface area contributed by atoms with Gasteiger partial charge in [-0.15, -0.1) is 0 Å². The average Bonchev–Trinajstić information content (AvgIpc) is 2.76. The molecular weight excluding hydrogens is 403 g/mol. The van der Waals surface area contributed by atoms with Crippen molar-refractivity contribution in [1.29, 1.82) is 0 Å². The molecule has 0 aromatic heterocycles. The molecule has 0 aliphatic heterocycles. The quantitative estimate of drug-likeness (QED) is 0.107. The Morgan fingerprint density at radius 3 is 0.781 bits per heavy atom. The van der Waals surface area contributed by atoms with Gasteiger partial charge in [-0.2, -0.15) is 0 Å². The third kappa shape index (κ3) is 32.6. The van der Waals surface area contributed by atoms with Crippen LogP contribution in [0.4, 0.5) is 0 Å². The van der Waals surface area contributed by atoms with Gasteiger partial charge in [0.15, 0.2) is 0 Å². The second kappa shape index (κ2) is 31.5. The van der Waals surface area contributed by atoms with Gasteiger partial charge >= 0.3 is 29.6 Å². The van der Waals surface area contributed by atoms with Crippen LogP contribution < -0.4 is 34.7 Å². The van der Waals surface area contributed by atoms with Crippen LogP contribution in [0.25, 0.3) is 0 Å². The number of carboxylic acids is 1. The molecule has 3 heteroatoms. The van der Waals surface area contributed by atoms with Gasteiger partial charge in [-0.25, -0.2) is 0 Å². The Morgan fingerprint density at radius 2 is 0.594 bits per heavy atom. The summed E-state index contributed by atoms with van der Waals surface area (Å²) in [6, 6.07) is 0. The SMILES string of the molecule is CCCCCCCCCCCCCCCCCCCCCCCCCCCCC(=O)[O-].[Na+]. The minimum atomic E-state index is -0.899. The minimum absolute atomic E-state index is 0. The van der Waals surface area contributed by atoms with Crippen molar-refractivity contribution in [3.05, 3.63) is 0 Å². The van der Waals surface area contributed by atoms with E-state index in [1.807, 2.05) is 0 Å². The number of aliphatic carboxylic acids is 1. The van der Waals surface area contributed by atoms with E-state index in [9.17, 15) is 9.90 Å². The fraction of sp³-hybridized carbons (Fsp3) is 0.966. The van der Waals surface area contributed by atoms with Crippen LogP contribution >= 0.6 is 0 Å². The summed E-state index contributed by atoms with van der Waals surface area (Å²) in [6.45, 7) is 2.29. The standard InChI is InChI=1S/C29H58O2.Na/c1-2-3-4-5-6-7-8-9-10-11-12-13-14-15-16-17-18-19-20-21-22-23-24-25-26-27-28-29(30)31;/h2-28H2,1H3,(H,30,31);/q;+1/p-1. The summed E-state index contributed by atoms with van der Waals surface area (Å²) in [5.41, 5.74) is 0. The normalized spacial score (nSPS) is 10.9. The molecule has 0 aliphatic carbocycles. The van der Waals surface area contributed by atoms with Gasteiger partial charge in [0.1, 0.15) is 0 Å². The molecule has 0 bridgehead atoms. The average molecular weight is 461 g/mol. The predicted molar refractivity (Wildman–Crippen MR) is 135 cm³/mol. The van der Waals surface area contributed by atoms with Gasteiger partial charge < -0.3 is 9.90 Å². The summed E-state index contributed by atoms with van der Waals surface area (Å²) in [4.78, 5) is 10.3. The molecule has 0 aromatic rings. The van der Waals surface area contributed by atoms with Crippen molar-refractivity contribution in [2.24, 2.45) is 0 Å². The maximum atomic E-state index is 10.3. The summed E-state index contributed by atoms with van der Waals surface area (Å²) in [5.74, 6) is -0.899.